The van der Waals surface area contributed by atoms with Crippen molar-refractivity contribution in [3.63, 3.8) is 0 Å². The molecule has 14 heavy (non-hydrogen) atoms. The number of nitrogens with zero attached hydrogens (tertiary/aromatic N) is 2. The van der Waals surface area contributed by atoms with E-state index in [1.54, 1.807) is 12.4 Å². The monoisotopic (exact) mass is 216 g/mol. The van der Waals surface area contributed by atoms with Gasteiger partial charge in [-0.15, -0.1) is 12.4 Å². The highest BCUT2D eigenvalue weighted by atomic mass is 35.5. The van der Waals surface area contributed by atoms with E-state index in [0.717, 1.165) is 0 Å². The molecule has 1 aliphatic rings. The summed E-state index contributed by atoms with van der Waals surface area (Å²) in [4.78, 5) is 16.3. The minimum atomic E-state index is -0.251. The number of rotatable bonds is 3. The van der Waals surface area contributed by atoms with Gasteiger partial charge in [-0.05, 0) is 6.08 Å². The molecule has 0 spiro atoms. The van der Waals surface area contributed by atoms with Gasteiger partial charge in [0.05, 0.1) is 6.54 Å². The number of carbonyl (C=O) groups is 1. The lowest BCUT2D eigenvalue weighted by Crippen LogP contribution is -2.17. The molecular weight excluding hydrogens is 204 g/mol. The first-order valence-corrected chi connectivity index (χ1v) is 4.05. The molecule has 0 N–H and O–H groups in total. The number of hydrogen-bond acceptors (Lipinski definition) is 4. The molecule has 1 heterocycles. The predicted molar refractivity (Wildman–Crippen MR) is 57.4 cm³/mol. The van der Waals surface area contributed by atoms with Crippen LogP contribution in [0.1, 0.15) is 6.92 Å². The van der Waals surface area contributed by atoms with Crippen LogP contribution in [0.25, 0.3) is 0 Å². The molecule has 5 heteroatoms. The summed E-state index contributed by atoms with van der Waals surface area (Å²) in [6.07, 6.45) is 8.91. The van der Waals surface area contributed by atoms with E-state index in [9.17, 15) is 4.79 Å². The zero-order valence-corrected chi connectivity index (χ0v) is 8.74. The van der Waals surface area contributed by atoms with Gasteiger partial charge < -0.3 is 9.64 Å². The first-order valence-electron chi connectivity index (χ1n) is 4.05. The average molecular weight is 217 g/mol. The van der Waals surface area contributed by atoms with Crippen molar-refractivity contribution in [3.05, 3.63) is 24.7 Å². The second-order valence-corrected chi connectivity index (χ2v) is 2.52. The predicted octanol–water partition coefficient (Wildman–Crippen LogP) is 1.34. The van der Waals surface area contributed by atoms with Crippen LogP contribution in [0.4, 0.5) is 0 Å². The highest BCUT2D eigenvalue weighted by Crippen LogP contribution is 1.95. The summed E-state index contributed by atoms with van der Waals surface area (Å²) in [7, 11) is 0. The molecule has 0 aromatic heterocycles. The summed E-state index contributed by atoms with van der Waals surface area (Å²) in [6, 6.07) is 0. The topological polar surface area (TPSA) is 41.9 Å². The summed E-state index contributed by atoms with van der Waals surface area (Å²) in [5, 5.41) is 0. The lowest BCUT2D eigenvalue weighted by molar-refractivity contribution is -0.141. The Morgan fingerprint density at radius 3 is 3.00 bits per heavy atom. The molecule has 0 radical (unpaired) electrons. The summed E-state index contributed by atoms with van der Waals surface area (Å²) >= 11 is 0. The highest BCUT2D eigenvalue weighted by molar-refractivity contribution is 5.85. The standard InChI is InChI=1S/C9H12N2O2.ClH/c1-9(12)13-8-7-11-5-2-3-10-4-6-11;/h2-6H,7-8H2,1H3;1H. The van der Waals surface area contributed by atoms with Gasteiger partial charge in [-0.1, -0.05) is 0 Å². The molecule has 0 aliphatic carbocycles. The molecule has 0 amide bonds. The molecule has 1 rings (SSSR count). The third-order valence-electron chi connectivity index (χ3n) is 1.45. The number of hydrogen-bond donors (Lipinski definition) is 0. The van der Waals surface area contributed by atoms with Gasteiger partial charge in [-0.2, -0.15) is 0 Å². The maximum Gasteiger partial charge on any atom is 0.302 e. The van der Waals surface area contributed by atoms with Crippen LogP contribution in [-0.4, -0.2) is 30.2 Å². The molecule has 4 nitrogen and oxygen atoms in total. The van der Waals surface area contributed by atoms with Crippen molar-refractivity contribution in [2.24, 2.45) is 4.99 Å². The Bertz CT molecular complexity index is 246. The second-order valence-electron chi connectivity index (χ2n) is 2.52. The molecule has 0 aromatic rings. The molecule has 0 atom stereocenters. The molecule has 0 saturated carbocycles. The van der Waals surface area contributed by atoms with Crippen LogP contribution in [0.2, 0.25) is 0 Å². The fourth-order valence-corrected chi connectivity index (χ4v) is 0.866. The third kappa shape index (κ3) is 5.37. The highest BCUT2D eigenvalue weighted by Gasteiger charge is 1.97. The Morgan fingerprint density at radius 2 is 2.29 bits per heavy atom. The summed E-state index contributed by atoms with van der Waals surface area (Å²) in [6.45, 7) is 2.44. The largest absolute Gasteiger partial charge is 0.464 e. The van der Waals surface area contributed by atoms with Gasteiger partial charge in [0.25, 0.3) is 0 Å². The lowest BCUT2D eigenvalue weighted by atomic mass is 10.5. The van der Waals surface area contributed by atoms with Crippen LogP contribution in [0.5, 0.6) is 0 Å². The van der Waals surface area contributed by atoms with E-state index < -0.39 is 0 Å². The lowest BCUT2D eigenvalue weighted by Gasteiger charge is -2.13. The number of carbonyl (C=O) groups excluding carboxylic acids is 1. The number of allylic oxidation sites excluding steroid dienone is 1. The zero-order chi connectivity index (χ0) is 9.52. The Morgan fingerprint density at radius 1 is 1.50 bits per heavy atom. The maximum absolute atomic E-state index is 10.5. The molecule has 0 saturated heterocycles. The van der Waals surface area contributed by atoms with Gasteiger partial charge in [0.1, 0.15) is 6.61 Å². The van der Waals surface area contributed by atoms with Crippen molar-refractivity contribution < 1.29 is 9.53 Å². The zero-order valence-electron chi connectivity index (χ0n) is 7.92. The number of esters is 1. The van der Waals surface area contributed by atoms with Gasteiger partial charge >= 0.3 is 5.97 Å². The van der Waals surface area contributed by atoms with Crippen molar-refractivity contribution >= 4 is 24.6 Å². The number of halogens is 1. The molecule has 0 bridgehead atoms. The van der Waals surface area contributed by atoms with Crippen molar-refractivity contribution in [1.29, 1.82) is 0 Å². The average Bonchev–Trinajstić information content (AvgIpc) is 2.32. The van der Waals surface area contributed by atoms with Crippen molar-refractivity contribution in [2.75, 3.05) is 13.2 Å². The Hall–Kier alpha value is -1.29. The molecule has 0 fully saturated rings. The second kappa shape index (κ2) is 7.15. The van der Waals surface area contributed by atoms with Crippen molar-refractivity contribution in [3.8, 4) is 0 Å². The summed E-state index contributed by atoms with van der Waals surface area (Å²) < 4.78 is 4.80. The van der Waals surface area contributed by atoms with Crippen LogP contribution < -0.4 is 0 Å². The first kappa shape index (κ1) is 12.7. The quantitative estimate of drug-likeness (QED) is 0.669. The normalized spacial score (nSPS) is 13.4. The Kier molecular flexibility index (Phi) is 6.49. The van der Waals surface area contributed by atoms with Gasteiger partial charge in [-0.3, -0.25) is 9.79 Å². The minimum Gasteiger partial charge on any atom is -0.464 e. The molecular formula is C9H13ClN2O2. The summed E-state index contributed by atoms with van der Waals surface area (Å²) in [5.74, 6) is -0.251. The van der Waals surface area contributed by atoms with Crippen LogP contribution in [-0.2, 0) is 9.53 Å². The SMILES string of the molecule is CC(=O)OCCN1C=CC=NC=C1.Cl. The van der Waals surface area contributed by atoms with Gasteiger partial charge in [0.2, 0.25) is 0 Å². The van der Waals surface area contributed by atoms with Gasteiger partial charge in [0, 0.05) is 31.7 Å². The van der Waals surface area contributed by atoms with Crippen LogP contribution in [0, 0.1) is 0 Å². The maximum atomic E-state index is 10.5. The van der Waals surface area contributed by atoms with Gasteiger partial charge in [-0.25, -0.2) is 0 Å². The molecule has 1 aliphatic heterocycles. The van der Waals surface area contributed by atoms with E-state index >= 15 is 0 Å². The smallest absolute Gasteiger partial charge is 0.302 e. The molecule has 0 aromatic carbocycles. The fraction of sp³-hybridized carbons (Fsp3) is 0.333. The van der Waals surface area contributed by atoms with E-state index in [4.69, 9.17) is 4.74 Å². The van der Waals surface area contributed by atoms with Crippen molar-refractivity contribution in [2.45, 2.75) is 6.92 Å². The first-order chi connectivity index (χ1) is 6.29. The van der Waals surface area contributed by atoms with E-state index in [2.05, 4.69) is 4.99 Å². The Labute approximate surface area is 89.4 Å². The summed E-state index contributed by atoms with van der Waals surface area (Å²) in [5.41, 5.74) is 0. The molecule has 78 valence electrons. The molecule has 0 unspecified atom stereocenters. The van der Waals surface area contributed by atoms with E-state index in [1.807, 2.05) is 23.4 Å². The van der Waals surface area contributed by atoms with Crippen molar-refractivity contribution in [1.82, 2.24) is 4.90 Å². The van der Waals surface area contributed by atoms with E-state index in [-0.39, 0.29) is 18.4 Å². The number of ether oxygens (including phenoxy) is 1. The minimum absolute atomic E-state index is 0. The Balaban J connectivity index is 0.00000169. The van der Waals surface area contributed by atoms with E-state index in [0.29, 0.717) is 13.2 Å². The number of aliphatic imine (C=N–C) groups is 1. The van der Waals surface area contributed by atoms with Crippen LogP contribution in [0.3, 0.4) is 0 Å². The van der Waals surface area contributed by atoms with E-state index in [1.165, 1.54) is 6.92 Å². The van der Waals surface area contributed by atoms with Crippen LogP contribution >= 0.6 is 12.4 Å². The fourth-order valence-electron chi connectivity index (χ4n) is 0.866. The van der Waals surface area contributed by atoms with Gasteiger partial charge in [0.15, 0.2) is 0 Å². The van der Waals surface area contributed by atoms with Crippen LogP contribution in [0.15, 0.2) is 29.7 Å². The third-order valence-corrected chi connectivity index (χ3v) is 1.45.